The van der Waals surface area contributed by atoms with Gasteiger partial charge < -0.3 is 9.64 Å². The van der Waals surface area contributed by atoms with Crippen molar-refractivity contribution in [2.45, 2.75) is 38.4 Å². The lowest BCUT2D eigenvalue weighted by molar-refractivity contribution is -0.121. The number of aromatic nitrogens is 2. The fourth-order valence-electron chi connectivity index (χ4n) is 3.60. The molecule has 1 aliphatic heterocycles. The van der Waals surface area contributed by atoms with E-state index >= 15 is 0 Å². The van der Waals surface area contributed by atoms with Gasteiger partial charge in [0.25, 0.3) is 11.5 Å². The summed E-state index contributed by atoms with van der Waals surface area (Å²) in [6.07, 6.45) is 3.47. The number of benzene rings is 1. The Morgan fingerprint density at radius 1 is 1.26 bits per heavy atom. The number of nitrogens with zero attached hydrogens (tertiary/aromatic N) is 3. The number of hydrogen-bond donors (Lipinski definition) is 0. The van der Waals surface area contributed by atoms with Crippen molar-refractivity contribution in [2.75, 3.05) is 24.3 Å². The van der Waals surface area contributed by atoms with Gasteiger partial charge in [0.15, 0.2) is 17.5 Å². The first-order valence-corrected chi connectivity index (χ1v) is 12.2. The molecule has 1 aromatic carbocycles. The van der Waals surface area contributed by atoms with Crippen LogP contribution in [-0.2, 0) is 17.8 Å². The minimum absolute atomic E-state index is 0.00115. The SMILES string of the molecule is CCCN1C(=O)COc2ccc(C(=O)Cn3c(SC)nc4sc(CC)cc4c3=O)cc21. The third-order valence-electron chi connectivity index (χ3n) is 5.17. The lowest BCUT2D eigenvalue weighted by Crippen LogP contribution is -2.39. The number of amides is 1. The lowest BCUT2D eigenvalue weighted by atomic mass is 10.1. The van der Waals surface area contributed by atoms with Crippen LogP contribution >= 0.6 is 23.1 Å². The quantitative estimate of drug-likeness (QED) is 0.305. The van der Waals surface area contributed by atoms with E-state index in [9.17, 15) is 14.4 Å². The van der Waals surface area contributed by atoms with Crippen LogP contribution < -0.4 is 15.2 Å². The van der Waals surface area contributed by atoms with Gasteiger partial charge in [0.05, 0.1) is 17.6 Å². The molecule has 0 aliphatic carbocycles. The molecule has 3 heterocycles. The molecule has 2 aromatic heterocycles. The van der Waals surface area contributed by atoms with Crippen LogP contribution in [0, 0.1) is 0 Å². The van der Waals surface area contributed by atoms with Crippen molar-refractivity contribution in [2.24, 2.45) is 0 Å². The van der Waals surface area contributed by atoms with Gasteiger partial charge in [0.2, 0.25) is 0 Å². The van der Waals surface area contributed by atoms with Gasteiger partial charge in [0, 0.05) is 17.0 Å². The first kappa shape index (κ1) is 21.6. The second kappa shape index (κ2) is 8.84. The van der Waals surface area contributed by atoms with E-state index in [4.69, 9.17) is 4.74 Å². The van der Waals surface area contributed by atoms with Crippen LogP contribution in [0.3, 0.4) is 0 Å². The number of fused-ring (bicyclic) bond motifs is 2. The zero-order valence-electron chi connectivity index (χ0n) is 17.6. The highest BCUT2D eigenvalue weighted by Gasteiger charge is 2.26. The van der Waals surface area contributed by atoms with Crippen LogP contribution in [0.4, 0.5) is 5.69 Å². The zero-order chi connectivity index (χ0) is 22.1. The minimum atomic E-state index is -0.221. The summed E-state index contributed by atoms with van der Waals surface area (Å²) >= 11 is 2.85. The summed E-state index contributed by atoms with van der Waals surface area (Å²) in [4.78, 5) is 46.5. The van der Waals surface area contributed by atoms with Crippen molar-refractivity contribution < 1.29 is 14.3 Å². The molecule has 0 atom stereocenters. The third-order valence-corrected chi connectivity index (χ3v) is 7.02. The van der Waals surface area contributed by atoms with E-state index in [1.807, 2.05) is 26.2 Å². The van der Waals surface area contributed by atoms with Gasteiger partial charge >= 0.3 is 0 Å². The number of hydrogen-bond acceptors (Lipinski definition) is 7. The first-order valence-electron chi connectivity index (χ1n) is 10.1. The molecule has 7 nitrogen and oxygen atoms in total. The number of ether oxygens (including phenoxy) is 1. The molecule has 0 saturated carbocycles. The third kappa shape index (κ3) is 3.99. The van der Waals surface area contributed by atoms with Crippen molar-refractivity contribution in [3.63, 3.8) is 0 Å². The Hall–Kier alpha value is -2.65. The summed E-state index contributed by atoms with van der Waals surface area (Å²) in [6.45, 7) is 4.47. The van der Waals surface area contributed by atoms with Crippen molar-refractivity contribution in [3.05, 3.63) is 45.1 Å². The van der Waals surface area contributed by atoms with Gasteiger partial charge in [-0.15, -0.1) is 11.3 Å². The summed E-state index contributed by atoms with van der Waals surface area (Å²) in [5.74, 6) is 0.237. The van der Waals surface area contributed by atoms with Crippen LogP contribution in [0.5, 0.6) is 5.75 Å². The zero-order valence-corrected chi connectivity index (χ0v) is 19.3. The lowest BCUT2D eigenvalue weighted by Gasteiger charge is -2.29. The molecule has 4 rings (SSSR count). The van der Waals surface area contributed by atoms with Crippen molar-refractivity contribution in [3.8, 4) is 5.75 Å². The molecule has 0 fully saturated rings. The molecule has 31 heavy (non-hydrogen) atoms. The molecule has 0 spiro atoms. The van der Waals surface area contributed by atoms with Crippen LogP contribution in [-0.4, -0.2) is 40.6 Å². The number of ketones is 1. The molecule has 1 amide bonds. The highest BCUT2D eigenvalue weighted by molar-refractivity contribution is 7.98. The second-order valence-corrected chi connectivity index (χ2v) is 9.10. The van der Waals surface area contributed by atoms with E-state index in [0.717, 1.165) is 17.7 Å². The van der Waals surface area contributed by atoms with E-state index in [-0.39, 0.29) is 30.4 Å². The van der Waals surface area contributed by atoms with E-state index in [1.165, 1.54) is 27.7 Å². The van der Waals surface area contributed by atoms with Crippen LogP contribution in [0.2, 0.25) is 0 Å². The Balaban J connectivity index is 1.70. The largest absolute Gasteiger partial charge is 0.482 e. The van der Waals surface area contributed by atoms with Crippen LogP contribution in [0.15, 0.2) is 34.2 Å². The van der Waals surface area contributed by atoms with E-state index in [0.29, 0.717) is 38.9 Å². The number of rotatable bonds is 7. The number of carbonyl (C=O) groups is 2. The molecule has 9 heteroatoms. The highest BCUT2D eigenvalue weighted by atomic mass is 32.2. The monoisotopic (exact) mass is 457 g/mol. The second-order valence-electron chi connectivity index (χ2n) is 7.21. The van der Waals surface area contributed by atoms with Gasteiger partial charge in [-0.3, -0.25) is 19.0 Å². The Morgan fingerprint density at radius 3 is 2.77 bits per heavy atom. The van der Waals surface area contributed by atoms with Gasteiger partial charge in [-0.05, 0) is 43.4 Å². The Morgan fingerprint density at radius 2 is 2.06 bits per heavy atom. The van der Waals surface area contributed by atoms with E-state index < -0.39 is 0 Å². The summed E-state index contributed by atoms with van der Waals surface area (Å²) in [7, 11) is 0. The smallest absolute Gasteiger partial charge is 0.265 e. The maximum Gasteiger partial charge on any atom is 0.265 e. The molecule has 0 unspecified atom stereocenters. The fourth-order valence-corrected chi connectivity index (χ4v) is 5.16. The number of Topliss-reactive ketones (excluding diaryl/α,β-unsaturated/α-hetero) is 1. The molecule has 3 aromatic rings. The maximum absolute atomic E-state index is 13.1. The topological polar surface area (TPSA) is 81.5 Å². The Labute approximate surface area is 188 Å². The molecule has 0 bridgehead atoms. The minimum Gasteiger partial charge on any atom is -0.482 e. The van der Waals surface area contributed by atoms with E-state index in [1.54, 1.807) is 23.1 Å². The molecule has 162 valence electrons. The number of carbonyl (C=O) groups excluding carboxylic acids is 2. The number of thioether (sulfide) groups is 1. The fraction of sp³-hybridized carbons (Fsp3) is 0.364. The number of anilines is 1. The van der Waals surface area contributed by atoms with Crippen LogP contribution in [0.1, 0.15) is 35.5 Å². The average molecular weight is 458 g/mol. The number of aryl methyl sites for hydroxylation is 1. The summed E-state index contributed by atoms with van der Waals surface area (Å²) in [5, 5.41) is 1.06. The summed E-state index contributed by atoms with van der Waals surface area (Å²) in [6, 6.07) is 6.94. The van der Waals surface area contributed by atoms with Crippen molar-refractivity contribution >= 4 is 50.7 Å². The average Bonchev–Trinajstić information content (AvgIpc) is 3.20. The Kier molecular flexibility index (Phi) is 6.15. The summed E-state index contributed by atoms with van der Waals surface area (Å²) < 4.78 is 6.95. The van der Waals surface area contributed by atoms with Gasteiger partial charge in [-0.25, -0.2) is 4.98 Å². The van der Waals surface area contributed by atoms with Gasteiger partial charge in [-0.2, -0.15) is 0 Å². The molecule has 0 radical (unpaired) electrons. The first-order chi connectivity index (χ1) is 15.0. The molecular weight excluding hydrogens is 434 g/mol. The van der Waals surface area contributed by atoms with Crippen molar-refractivity contribution in [1.82, 2.24) is 9.55 Å². The van der Waals surface area contributed by atoms with Gasteiger partial charge in [-0.1, -0.05) is 25.6 Å². The number of thiophene rings is 1. The van der Waals surface area contributed by atoms with Crippen molar-refractivity contribution in [1.29, 1.82) is 0 Å². The predicted molar refractivity (Wildman–Crippen MR) is 124 cm³/mol. The van der Waals surface area contributed by atoms with Crippen LogP contribution in [0.25, 0.3) is 10.2 Å². The highest BCUT2D eigenvalue weighted by Crippen LogP contribution is 2.33. The molecule has 0 saturated heterocycles. The molecular formula is C22H23N3O4S2. The molecule has 0 N–H and O–H groups in total. The predicted octanol–water partition coefficient (Wildman–Crippen LogP) is 3.76. The standard InChI is InChI=1S/C22H23N3O4S2/c1-4-8-24-16-9-13(6-7-18(16)29-12-19(24)27)17(26)11-25-21(28)15-10-14(5-2)31-20(15)23-22(25)30-3/h6-7,9-10H,4-5,8,11-12H2,1-3H3. The summed E-state index contributed by atoms with van der Waals surface area (Å²) in [5.41, 5.74) is 0.819. The Bertz CT molecular complexity index is 1230. The molecule has 1 aliphatic rings. The normalized spacial score (nSPS) is 13.4. The van der Waals surface area contributed by atoms with E-state index in [2.05, 4.69) is 4.98 Å². The van der Waals surface area contributed by atoms with Gasteiger partial charge in [0.1, 0.15) is 10.6 Å². The maximum atomic E-state index is 13.1.